The zero-order valence-corrected chi connectivity index (χ0v) is 21.0. The highest BCUT2D eigenvalue weighted by molar-refractivity contribution is 5.97. The number of terminal acetylenes is 1. The first-order valence-electron chi connectivity index (χ1n) is 12.1. The number of aromatic nitrogens is 2. The topological polar surface area (TPSA) is 73.3 Å². The third-order valence-corrected chi connectivity index (χ3v) is 6.03. The van der Waals surface area contributed by atoms with Crippen LogP contribution in [0.25, 0.3) is 16.7 Å². The molecule has 1 aliphatic rings. The molecule has 0 unspecified atom stereocenters. The molecule has 0 aliphatic carbocycles. The molecule has 0 saturated heterocycles. The fourth-order valence-corrected chi connectivity index (χ4v) is 3.98. The van der Waals surface area contributed by atoms with E-state index in [1.165, 1.54) is 7.11 Å². The van der Waals surface area contributed by atoms with Crippen molar-refractivity contribution >= 4 is 22.7 Å². The van der Waals surface area contributed by atoms with Crippen LogP contribution in [-0.4, -0.2) is 36.1 Å². The van der Waals surface area contributed by atoms with Crippen LogP contribution in [0.3, 0.4) is 0 Å². The molecule has 2 heterocycles. The van der Waals surface area contributed by atoms with Gasteiger partial charge in [0.25, 0.3) is 0 Å². The van der Waals surface area contributed by atoms with Crippen molar-refractivity contribution in [1.29, 1.82) is 0 Å². The normalized spacial score (nSPS) is 13.9. The summed E-state index contributed by atoms with van der Waals surface area (Å²) in [7, 11) is 1.39. The summed E-state index contributed by atoms with van der Waals surface area (Å²) in [5, 5.41) is 3.30. The number of nitrogens with one attached hydrogen (secondary N) is 1. The number of hydrogen-bond donors (Lipinski definition) is 1. The van der Waals surface area contributed by atoms with Gasteiger partial charge in [0.05, 0.1) is 25.1 Å². The Morgan fingerprint density at radius 3 is 2.59 bits per heavy atom. The lowest BCUT2D eigenvalue weighted by Gasteiger charge is -2.18. The second kappa shape index (κ2) is 12.5. The molecule has 0 bridgehead atoms. The molecule has 4 rings (SSSR count). The van der Waals surface area contributed by atoms with E-state index in [1.54, 1.807) is 18.5 Å². The van der Waals surface area contributed by atoms with Gasteiger partial charge in [-0.25, -0.2) is 14.8 Å². The number of carbonyl (C=O) groups is 1. The maximum absolute atomic E-state index is 12.4. The summed E-state index contributed by atoms with van der Waals surface area (Å²) in [5.41, 5.74) is 5.96. The highest BCUT2D eigenvalue weighted by Gasteiger charge is 2.17. The number of hydrogen-bond acceptors (Lipinski definition) is 6. The summed E-state index contributed by atoms with van der Waals surface area (Å²) in [5.74, 6) is 3.59. The summed E-state index contributed by atoms with van der Waals surface area (Å²) in [6.07, 6.45) is 15.9. The monoisotopic (exact) mass is 491 g/mol. The molecule has 6 heteroatoms. The van der Waals surface area contributed by atoms with Crippen LogP contribution >= 0.6 is 0 Å². The lowest BCUT2D eigenvalue weighted by Crippen LogP contribution is -2.21. The van der Waals surface area contributed by atoms with E-state index in [0.717, 1.165) is 47.3 Å². The molecule has 0 spiro atoms. The highest BCUT2D eigenvalue weighted by Crippen LogP contribution is 2.28. The van der Waals surface area contributed by atoms with Crippen LogP contribution in [0, 0.1) is 12.3 Å². The van der Waals surface area contributed by atoms with Crippen molar-refractivity contribution in [3.8, 4) is 18.1 Å². The van der Waals surface area contributed by atoms with Gasteiger partial charge in [0, 0.05) is 12.1 Å². The molecule has 186 valence electrons. The molecule has 0 radical (unpaired) electrons. The zero-order chi connectivity index (χ0) is 26.0. The maximum Gasteiger partial charge on any atom is 0.338 e. The minimum Gasteiger partial charge on any atom is -0.486 e. The first-order chi connectivity index (χ1) is 18.1. The Morgan fingerprint density at radius 1 is 1.14 bits per heavy atom. The Kier molecular flexibility index (Phi) is 8.64. The summed E-state index contributed by atoms with van der Waals surface area (Å²) in [6.45, 7) is 4.00. The number of ether oxygens (including phenoxy) is 2. The molecule has 0 atom stereocenters. The molecule has 3 aromatic rings. The number of carbonyl (C=O) groups excluding carboxylic acids is 1. The third kappa shape index (κ3) is 6.60. The number of esters is 1. The Hall–Kier alpha value is -4.47. The Bertz CT molecular complexity index is 1380. The zero-order valence-electron chi connectivity index (χ0n) is 21.0. The molecule has 0 fully saturated rings. The van der Waals surface area contributed by atoms with Crippen LogP contribution in [-0.2, 0) is 11.3 Å². The molecule has 37 heavy (non-hydrogen) atoms. The quantitative estimate of drug-likeness (QED) is 0.261. The highest BCUT2D eigenvalue weighted by atomic mass is 16.5. The van der Waals surface area contributed by atoms with E-state index in [1.807, 2.05) is 61.5 Å². The van der Waals surface area contributed by atoms with Crippen molar-refractivity contribution in [2.45, 2.75) is 20.0 Å². The molecular weight excluding hydrogens is 462 g/mol. The standard InChI is InChI=1S/C31H29N3O3/c1-4-24(26-12-13-28(31(35)36-3)29(18-26)25-14-16-32-17-15-25)11-10-22(2)30-33-19-27(20-34-30)37-21-23-8-6-5-7-9-23/h1,5-14,18-20,32H,15-17,21H2,2-3H3/b22-10+,24-11+. The molecule has 1 aromatic heterocycles. The van der Waals surface area contributed by atoms with E-state index >= 15 is 0 Å². The van der Waals surface area contributed by atoms with Crippen LogP contribution < -0.4 is 10.1 Å². The summed E-state index contributed by atoms with van der Waals surface area (Å²) in [6, 6.07) is 15.5. The van der Waals surface area contributed by atoms with Crippen molar-refractivity contribution in [1.82, 2.24) is 15.3 Å². The van der Waals surface area contributed by atoms with E-state index in [2.05, 4.69) is 27.3 Å². The van der Waals surface area contributed by atoms with E-state index in [0.29, 0.717) is 29.3 Å². The fourth-order valence-electron chi connectivity index (χ4n) is 3.98. The van der Waals surface area contributed by atoms with E-state index in [9.17, 15) is 4.79 Å². The van der Waals surface area contributed by atoms with E-state index in [4.69, 9.17) is 15.9 Å². The number of benzene rings is 2. The van der Waals surface area contributed by atoms with Gasteiger partial charge in [0.15, 0.2) is 11.6 Å². The SMILES string of the molecule is C#C/C(=C\C=C(/C)c1ncc(OCc2ccccc2)cn1)c1ccc(C(=O)OC)c(C2=CCNCC2)c1. The van der Waals surface area contributed by atoms with Gasteiger partial charge in [0.1, 0.15) is 6.61 Å². The van der Waals surface area contributed by atoms with Crippen molar-refractivity contribution in [3.05, 3.63) is 107 Å². The first kappa shape index (κ1) is 25.6. The van der Waals surface area contributed by atoms with Gasteiger partial charge < -0.3 is 14.8 Å². The largest absolute Gasteiger partial charge is 0.486 e. The smallest absolute Gasteiger partial charge is 0.338 e. The van der Waals surface area contributed by atoms with Gasteiger partial charge >= 0.3 is 5.97 Å². The third-order valence-electron chi connectivity index (χ3n) is 6.03. The Balaban J connectivity index is 1.53. The van der Waals surface area contributed by atoms with Gasteiger partial charge in [-0.3, -0.25) is 0 Å². The fraction of sp³-hybridized carbons (Fsp3) is 0.194. The van der Waals surface area contributed by atoms with E-state index < -0.39 is 0 Å². The summed E-state index contributed by atoms with van der Waals surface area (Å²) in [4.78, 5) is 21.3. The van der Waals surface area contributed by atoms with Crippen molar-refractivity contribution in [2.75, 3.05) is 20.2 Å². The lowest BCUT2D eigenvalue weighted by molar-refractivity contribution is 0.0600. The maximum atomic E-state index is 12.4. The number of rotatable bonds is 8. The van der Waals surface area contributed by atoms with Crippen molar-refractivity contribution < 1.29 is 14.3 Å². The minimum absolute atomic E-state index is 0.365. The van der Waals surface area contributed by atoms with Crippen LogP contribution in [0.5, 0.6) is 5.75 Å². The second-order valence-corrected chi connectivity index (χ2v) is 8.53. The molecule has 6 nitrogen and oxygen atoms in total. The summed E-state index contributed by atoms with van der Waals surface area (Å²) < 4.78 is 10.8. The molecule has 0 saturated carbocycles. The predicted octanol–water partition coefficient (Wildman–Crippen LogP) is 5.34. The van der Waals surface area contributed by atoms with E-state index in [-0.39, 0.29) is 5.97 Å². The van der Waals surface area contributed by atoms with Gasteiger partial charge in [-0.15, -0.1) is 6.42 Å². The van der Waals surface area contributed by atoms with Crippen LogP contribution in [0.15, 0.2) is 79.2 Å². The molecule has 1 aliphatic heterocycles. The molecular formula is C31H29N3O3. The summed E-state index contributed by atoms with van der Waals surface area (Å²) >= 11 is 0. The number of allylic oxidation sites excluding steroid dienone is 4. The molecule has 2 aromatic carbocycles. The minimum atomic E-state index is -0.365. The van der Waals surface area contributed by atoms with Gasteiger partial charge in [-0.05, 0) is 65.9 Å². The van der Waals surface area contributed by atoms with Crippen LogP contribution in [0.4, 0.5) is 0 Å². The van der Waals surface area contributed by atoms with Gasteiger partial charge in [-0.1, -0.05) is 54.5 Å². The average molecular weight is 492 g/mol. The van der Waals surface area contributed by atoms with Gasteiger partial charge in [0.2, 0.25) is 0 Å². The van der Waals surface area contributed by atoms with Crippen molar-refractivity contribution in [3.63, 3.8) is 0 Å². The lowest BCUT2D eigenvalue weighted by atomic mass is 9.91. The Morgan fingerprint density at radius 2 is 1.92 bits per heavy atom. The van der Waals surface area contributed by atoms with Gasteiger partial charge in [-0.2, -0.15) is 0 Å². The Labute approximate surface area is 217 Å². The van der Waals surface area contributed by atoms with Crippen molar-refractivity contribution in [2.24, 2.45) is 0 Å². The molecule has 1 N–H and O–H groups in total. The predicted molar refractivity (Wildman–Crippen MR) is 147 cm³/mol. The van der Waals surface area contributed by atoms with Crippen LogP contribution in [0.1, 0.15) is 46.2 Å². The molecule has 0 amide bonds. The second-order valence-electron chi connectivity index (χ2n) is 8.53. The van der Waals surface area contributed by atoms with Crippen LogP contribution in [0.2, 0.25) is 0 Å². The first-order valence-corrected chi connectivity index (χ1v) is 12.1. The number of methoxy groups -OCH3 is 1. The number of nitrogens with zero attached hydrogens (tertiary/aromatic N) is 2. The average Bonchev–Trinajstić information content (AvgIpc) is 2.97.